The number of nitrogens with zero attached hydrogens (tertiary/aromatic N) is 4. The van der Waals surface area contributed by atoms with Crippen LogP contribution < -0.4 is 11.3 Å². The second-order valence-corrected chi connectivity index (χ2v) is 5.24. The molecule has 0 aliphatic rings. The number of aryl methyl sites for hydroxylation is 1. The summed E-state index contributed by atoms with van der Waals surface area (Å²) < 4.78 is 1.41. The average molecular weight is 299 g/mol. The molecule has 0 spiro atoms. The van der Waals surface area contributed by atoms with Crippen molar-refractivity contribution in [3.8, 4) is 22.6 Å². The van der Waals surface area contributed by atoms with E-state index in [2.05, 4.69) is 15.1 Å². The van der Waals surface area contributed by atoms with Crippen LogP contribution in [0.15, 0.2) is 40.6 Å². The Balaban J connectivity index is 2.22. The van der Waals surface area contributed by atoms with Gasteiger partial charge >= 0.3 is 0 Å². The number of thiazole rings is 1. The summed E-state index contributed by atoms with van der Waals surface area (Å²) in [6, 6.07) is 7.28. The standard InChI is InChI=1S/C14H13N5OS/c1-2-19-13(20)9(12-8-21-14(15)17-12)7-11(18-19)10-5-3-4-6-16-10/h3-8H,2H2,1H3,(H2,15,17). The summed E-state index contributed by atoms with van der Waals surface area (Å²) in [6.45, 7) is 2.35. The molecule has 3 aromatic rings. The topological polar surface area (TPSA) is 86.7 Å². The Labute approximate surface area is 124 Å². The minimum Gasteiger partial charge on any atom is -0.375 e. The van der Waals surface area contributed by atoms with Gasteiger partial charge in [-0.15, -0.1) is 11.3 Å². The SMILES string of the molecule is CCn1nc(-c2ccccn2)cc(-c2csc(N)n2)c1=O. The molecule has 6 nitrogen and oxygen atoms in total. The Kier molecular flexibility index (Phi) is 3.49. The lowest BCUT2D eigenvalue weighted by molar-refractivity contribution is 0.620. The number of anilines is 1. The molecule has 0 fully saturated rings. The smallest absolute Gasteiger partial charge is 0.276 e. The molecule has 3 heterocycles. The highest BCUT2D eigenvalue weighted by Crippen LogP contribution is 2.23. The second-order valence-electron chi connectivity index (χ2n) is 4.35. The molecule has 0 saturated heterocycles. The Morgan fingerprint density at radius 1 is 1.29 bits per heavy atom. The first-order valence-corrected chi connectivity index (χ1v) is 7.32. The maximum Gasteiger partial charge on any atom is 0.276 e. The van der Waals surface area contributed by atoms with Crippen molar-refractivity contribution >= 4 is 16.5 Å². The van der Waals surface area contributed by atoms with E-state index in [0.29, 0.717) is 34.3 Å². The van der Waals surface area contributed by atoms with Crippen LogP contribution in [0.25, 0.3) is 22.6 Å². The highest BCUT2D eigenvalue weighted by atomic mass is 32.1. The number of nitrogen functional groups attached to an aromatic ring is 1. The number of nitrogens with two attached hydrogens (primary N) is 1. The molecule has 3 aromatic heterocycles. The molecule has 0 radical (unpaired) electrons. The summed E-state index contributed by atoms with van der Waals surface area (Å²) in [6.07, 6.45) is 1.69. The van der Waals surface area contributed by atoms with Crippen molar-refractivity contribution < 1.29 is 0 Å². The molecule has 0 amide bonds. The van der Waals surface area contributed by atoms with E-state index in [4.69, 9.17) is 5.73 Å². The molecule has 0 aliphatic heterocycles. The molecule has 0 aliphatic carbocycles. The maximum atomic E-state index is 12.4. The molecule has 21 heavy (non-hydrogen) atoms. The van der Waals surface area contributed by atoms with Crippen LogP contribution in [0.2, 0.25) is 0 Å². The highest BCUT2D eigenvalue weighted by Gasteiger charge is 2.13. The fourth-order valence-corrected chi connectivity index (χ4v) is 2.55. The molecule has 0 atom stereocenters. The summed E-state index contributed by atoms with van der Waals surface area (Å²) in [5.74, 6) is 0. The molecule has 0 unspecified atom stereocenters. The van der Waals surface area contributed by atoms with Crippen LogP contribution in [-0.4, -0.2) is 19.7 Å². The Morgan fingerprint density at radius 3 is 2.76 bits per heavy atom. The minimum atomic E-state index is -0.178. The monoisotopic (exact) mass is 299 g/mol. The zero-order chi connectivity index (χ0) is 14.8. The van der Waals surface area contributed by atoms with Crippen LogP contribution in [0.3, 0.4) is 0 Å². The number of hydrogen-bond donors (Lipinski definition) is 1. The van der Waals surface area contributed by atoms with E-state index in [-0.39, 0.29) is 5.56 Å². The number of aromatic nitrogens is 4. The fourth-order valence-electron chi connectivity index (χ4n) is 1.99. The van der Waals surface area contributed by atoms with Gasteiger partial charge in [-0.2, -0.15) is 5.10 Å². The molecule has 0 aromatic carbocycles. The average Bonchev–Trinajstić information content (AvgIpc) is 2.95. The zero-order valence-electron chi connectivity index (χ0n) is 11.4. The third-order valence-corrected chi connectivity index (χ3v) is 3.67. The molecule has 0 saturated carbocycles. The first-order chi connectivity index (χ1) is 10.2. The summed E-state index contributed by atoms with van der Waals surface area (Å²) in [7, 11) is 0. The van der Waals surface area contributed by atoms with Crippen molar-refractivity contribution in [3.05, 3.63) is 46.2 Å². The predicted octanol–water partition coefficient (Wildman–Crippen LogP) is 2.03. The van der Waals surface area contributed by atoms with E-state index in [9.17, 15) is 4.79 Å². The van der Waals surface area contributed by atoms with Crippen LogP contribution >= 0.6 is 11.3 Å². The van der Waals surface area contributed by atoms with E-state index in [1.54, 1.807) is 17.6 Å². The Morgan fingerprint density at radius 2 is 2.14 bits per heavy atom. The van der Waals surface area contributed by atoms with Crippen LogP contribution in [0.1, 0.15) is 6.92 Å². The van der Waals surface area contributed by atoms with Gasteiger partial charge in [-0.3, -0.25) is 9.78 Å². The van der Waals surface area contributed by atoms with Gasteiger partial charge in [0.25, 0.3) is 5.56 Å². The second kappa shape index (κ2) is 5.45. The van der Waals surface area contributed by atoms with Gasteiger partial charge in [-0.1, -0.05) is 6.07 Å². The van der Waals surface area contributed by atoms with Gasteiger partial charge in [0.2, 0.25) is 0 Å². The predicted molar refractivity (Wildman–Crippen MR) is 82.9 cm³/mol. The van der Waals surface area contributed by atoms with E-state index in [0.717, 1.165) is 0 Å². The van der Waals surface area contributed by atoms with Gasteiger partial charge < -0.3 is 5.73 Å². The number of pyridine rings is 1. The summed E-state index contributed by atoms with van der Waals surface area (Å²) >= 11 is 1.31. The van der Waals surface area contributed by atoms with Crippen molar-refractivity contribution in [3.63, 3.8) is 0 Å². The van der Waals surface area contributed by atoms with E-state index in [1.807, 2.05) is 25.1 Å². The van der Waals surface area contributed by atoms with Crippen LogP contribution in [0.5, 0.6) is 0 Å². The number of hydrogen-bond acceptors (Lipinski definition) is 6. The molecule has 0 bridgehead atoms. The normalized spacial score (nSPS) is 10.7. The summed E-state index contributed by atoms with van der Waals surface area (Å²) in [5.41, 5.74) is 7.89. The Bertz CT molecular complexity index is 825. The van der Waals surface area contributed by atoms with Gasteiger partial charge in [-0.25, -0.2) is 9.67 Å². The summed E-state index contributed by atoms with van der Waals surface area (Å²) in [5, 5.41) is 6.55. The van der Waals surface area contributed by atoms with Crippen LogP contribution in [0, 0.1) is 0 Å². The third-order valence-electron chi connectivity index (χ3n) is 3.00. The lowest BCUT2D eigenvalue weighted by Crippen LogP contribution is -2.24. The summed E-state index contributed by atoms with van der Waals surface area (Å²) in [4.78, 5) is 20.9. The van der Waals surface area contributed by atoms with Crippen molar-refractivity contribution in [2.24, 2.45) is 0 Å². The van der Waals surface area contributed by atoms with Crippen molar-refractivity contribution in [2.45, 2.75) is 13.5 Å². The molecule has 2 N–H and O–H groups in total. The fraction of sp³-hybridized carbons (Fsp3) is 0.143. The van der Waals surface area contributed by atoms with Gasteiger partial charge in [0, 0.05) is 18.1 Å². The van der Waals surface area contributed by atoms with E-state index >= 15 is 0 Å². The van der Waals surface area contributed by atoms with Crippen molar-refractivity contribution in [1.29, 1.82) is 0 Å². The largest absolute Gasteiger partial charge is 0.375 e. The molecule has 3 rings (SSSR count). The van der Waals surface area contributed by atoms with Gasteiger partial charge in [-0.05, 0) is 25.1 Å². The molecular formula is C14H13N5OS. The zero-order valence-corrected chi connectivity index (χ0v) is 12.2. The van der Waals surface area contributed by atoms with Gasteiger partial charge in [0.1, 0.15) is 5.69 Å². The maximum absolute atomic E-state index is 12.4. The molecular weight excluding hydrogens is 286 g/mol. The molecule has 106 valence electrons. The van der Waals surface area contributed by atoms with E-state index < -0.39 is 0 Å². The van der Waals surface area contributed by atoms with Gasteiger partial charge in [0.05, 0.1) is 17.0 Å². The van der Waals surface area contributed by atoms with Crippen LogP contribution in [0.4, 0.5) is 5.13 Å². The lowest BCUT2D eigenvalue weighted by Gasteiger charge is -2.07. The third kappa shape index (κ3) is 2.55. The lowest BCUT2D eigenvalue weighted by atomic mass is 10.1. The van der Waals surface area contributed by atoms with Gasteiger partial charge in [0.15, 0.2) is 5.13 Å². The molecule has 7 heteroatoms. The van der Waals surface area contributed by atoms with Crippen molar-refractivity contribution in [2.75, 3.05) is 5.73 Å². The quantitative estimate of drug-likeness (QED) is 0.799. The minimum absolute atomic E-state index is 0.178. The van der Waals surface area contributed by atoms with E-state index in [1.165, 1.54) is 16.0 Å². The first-order valence-electron chi connectivity index (χ1n) is 6.44. The van der Waals surface area contributed by atoms with Crippen LogP contribution in [-0.2, 0) is 6.54 Å². The van der Waals surface area contributed by atoms with Crippen molar-refractivity contribution in [1.82, 2.24) is 19.7 Å². The Hall–Kier alpha value is -2.54. The first kappa shape index (κ1) is 13.4. The highest BCUT2D eigenvalue weighted by molar-refractivity contribution is 7.13. The number of rotatable bonds is 3.